The van der Waals surface area contributed by atoms with E-state index in [1.807, 2.05) is 18.2 Å². The summed E-state index contributed by atoms with van der Waals surface area (Å²) in [5, 5.41) is 4.79. The smallest absolute Gasteiger partial charge is 0.222 e. The van der Waals surface area contributed by atoms with Crippen molar-refractivity contribution in [2.45, 2.75) is 45.1 Å². The first-order valence-electron chi connectivity index (χ1n) is 9.61. The van der Waals surface area contributed by atoms with E-state index in [1.165, 1.54) is 23.3 Å². The van der Waals surface area contributed by atoms with E-state index in [0.29, 0.717) is 29.6 Å². The van der Waals surface area contributed by atoms with E-state index in [4.69, 9.17) is 37.9 Å². The molecule has 0 radical (unpaired) electrons. The molecule has 0 atom stereocenters. The Labute approximate surface area is 183 Å². The molecule has 0 saturated carbocycles. The Morgan fingerprint density at radius 1 is 1.28 bits per heavy atom. The number of anilines is 1. The third kappa shape index (κ3) is 4.49. The first-order chi connectivity index (χ1) is 14.0. The second-order valence-electron chi connectivity index (χ2n) is 7.06. The first-order valence-corrected chi connectivity index (χ1v) is 11.2. The lowest BCUT2D eigenvalue weighted by atomic mass is 9.97. The van der Waals surface area contributed by atoms with Crippen LogP contribution in [0.4, 0.5) is 5.82 Å². The Kier molecular flexibility index (Phi) is 6.23. The van der Waals surface area contributed by atoms with E-state index in [0.717, 1.165) is 34.4 Å². The molecule has 0 fully saturated rings. The number of hydrogen-bond acceptors (Lipinski definition) is 6. The van der Waals surface area contributed by atoms with E-state index in [1.54, 1.807) is 18.4 Å². The average molecular weight is 450 g/mol. The molecule has 0 bridgehead atoms. The van der Waals surface area contributed by atoms with Gasteiger partial charge in [0.15, 0.2) is 0 Å². The highest BCUT2D eigenvalue weighted by Crippen LogP contribution is 2.39. The second kappa shape index (κ2) is 8.86. The molecule has 1 aliphatic carbocycles. The summed E-state index contributed by atoms with van der Waals surface area (Å²) in [6.45, 7) is 0.578. The van der Waals surface area contributed by atoms with Gasteiger partial charge in [0, 0.05) is 24.3 Å². The molecule has 29 heavy (non-hydrogen) atoms. The average Bonchev–Trinajstić information content (AvgIpc) is 3.09. The number of nitrogens with one attached hydrogen (secondary N) is 1. The minimum atomic E-state index is -0.374. The number of carbonyl (C=O) groups excluding carboxylic acids is 1. The Hall–Kier alpha value is -1.89. The van der Waals surface area contributed by atoms with E-state index < -0.39 is 0 Å². The Morgan fingerprint density at radius 2 is 2.10 bits per heavy atom. The van der Waals surface area contributed by atoms with Crippen LogP contribution in [-0.4, -0.2) is 22.3 Å². The monoisotopic (exact) mass is 449 g/mol. The summed E-state index contributed by atoms with van der Waals surface area (Å²) in [6.07, 6.45) is 5.22. The SMILES string of the molecule is COc1ccc(CNc2nc(CCC(=O)Cl)nc3sc4c(c23)CCCC4)cc1Cl. The number of hydrogen-bond donors (Lipinski definition) is 1. The van der Waals surface area contributed by atoms with Crippen LogP contribution in [0.5, 0.6) is 5.75 Å². The van der Waals surface area contributed by atoms with E-state index >= 15 is 0 Å². The highest BCUT2D eigenvalue weighted by Gasteiger charge is 2.21. The van der Waals surface area contributed by atoms with Gasteiger partial charge in [0.25, 0.3) is 0 Å². The van der Waals surface area contributed by atoms with Crippen molar-refractivity contribution in [2.75, 3.05) is 12.4 Å². The highest BCUT2D eigenvalue weighted by molar-refractivity contribution is 7.19. The van der Waals surface area contributed by atoms with Crippen LogP contribution in [0, 0.1) is 0 Å². The zero-order chi connectivity index (χ0) is 20.4. The van der Waals surface area contributed by atoms with Crippen LogP contribution < -0.4 is 10.1 Å². The maximum Gasteiger partial charge on any atom is 0.222 e. The normalized spacial score (nSPS) is 13.3. The molecular weight excluding hydrogens is 429 g/mol. The zero-order valence-corrected chi connectivity index (χ0v) is 18.4. The number of ether oxygens (including phenoxy) is 1. The topological polar surface area (TPSA) is 64.1 Å². The fourth-order valence-corrected chi connectivity index (χ4v) is 5.31. The minimum absolute atomic E-state index is 0.228. The van der Waals surface area contributed by atoms with Crippen LogP contribution in [0.15, 0.2) is 18.2 Å². The third-order valence-electron chi connectivity index (χ3n) is 5.08. The summed E-state index contributed by atoms with van der Waals surface area (Å²) in [5.74, 6) is 2.11. The highest BCUT2D eigenvalue weighted by atomic mass is 35.5. The molecule has 0 saturated heterocycles. The van der Waals surface area contributed by atoms with Crippen LogP contribution in [0.2, 0.25) is 5.02 Å². The van der Waals surface area contributed by atoms with E-state index in [2.05, 4.69) is 5.32 Å². The van der Waals surface area contributed by atoms with Crippen LogP contribution in [0.1, 0.15) is 41.1 Å². The van der Waals surface area contributed by atoms with Crippen molar-refractivity contribution >= 4 is 55.8 Å². The van der Waals surface area contributed by atoms with Crippen molar-refractivity contribution in [3.8, 4) is 5.75 Å². The van der Waals surface area contributed by atoms with Gasteiger partial charge in [-0.25, -0.2) is 9.97 Å². The number of halogens is 2. The fourth-order valence-electron chi connectivity index (χ4n) is 3.66. The van der Waals surface area contributed by atoms with Gasteiger partial charge < -0.3 is 10.1 Å². The minimum Gasteiger partial charge on any atom is -0.495 e. The molecule has 5 nitrogen and oxygen atoms in total. The molecule has 3 aromatic rings. The predicted octanol–water partition coefficient (Wildman–Crippen LogP) is 5.54. The molecule has 1 N–H and O–H groups in total. The lowest BCUT2D eigenvalue weighted by molar-refractivity contribution is -0.111. The van der Waals surface area contributed by atoms with Gasteiger partial charge in [-0.3, -0.25) is 4.79 Å². The standard InChI is InChI=1S/C21H21Cl2N3O2S/c1-28-15-7-6-12(10-14(15)22)11-24-20-19-13-4-2-3-5-16(13)29-21(19)26-18(25-20)9-8-17(23)27/h6-7,10H,2-5,8-9,11H2,1H3,(H,24,25,26). The van der Waals surface area contributed by atoms with Crippen molar-refractivity contribution in [1.29, 1.82) is 0 Å². The van der Waals surface area contributed by atoms with Gasteiger partial charge in [-0.15, -0.1) is 11.3 Å². The molecule has 152 valence electrons. The zero-order valence-electron chi connectivity index (χ0n) is 16.1. The maximum absolute atomic E-state index is 11.2. The summed E-state index contributed by atoms with van der Waals surface area (Å²) in [6, 6.07) is 5.73. The predicted molar refractivity (Wildman–Crippen MR) is 119 cm³/mol. The van der Waals surface area contributed by atoms with E-state index in [9.17, 15) is 4.79 Å². The Bertz CT molecular complexity index is 1070. The largest absolute Gasteiger partial charge is 0.495 e. The van der Waals surface area contributed by atoms with Gasteiger partial charge in [-0.1, -0.05) is 17.7 Å². The van der Waals surface area contributed by atoms with Crippen molar-refractivity contribution in [2.24, 2.45) is 0 Å². The number of nitrogens with zero attached hydrogens (tertiary/aromatic N) is 2. The Balaban J connectivity index is 1.67. The molecule has 0 amide bonds. The van der Waals surface area contributed by atoms with Gasteiger partial charge in [0.05, 0.1) is 17.5 Å². The van der Waals surface area contributed by atoms with Crippen LogP contribution in [0.25, 0.3) is 10.2 Å². The molecule has 0 aliphatic heterocycles. The summed E-state index contributed by atoms with van der Waals surface area (Å²) in [7, 11) is 1.60. The first kappa shape index (κ1) is 20.4. The molecule has 0 spiro atoms. The number of benzene rings is 1. The van der Waals surface area contributed by atoms with Crippen LogP contribution >= 0.6 is 34.5 Å². The van der Waals surface area contributed by atoms with Crippen molar-refractivity contribution < 1.29 is 9.53 Å². The maximum atomic E-state index is 11.2. The van der Waals surface area contributed by atoms with Gasteiger partial charge in [0.2, 0.25) is 5.24 Å². The fraction of sp³-hybridized carbons (Fsp3) is 0.381. The number of fused-ring (bicyclic) bond motifs is 3. The molecule has 4 rings (SSSR count). The van der Waals surface area contributed by atoms with Crippen LogP contribution in [0.3, 0.4) is 0 Å². The number of rotatable bonds is 7. The van der Waals surface area contributed by atoms with Crippen molar-refractivity contribution in [3.05, 3.63) is 45.1 Å². The number of methoxy groups -OCH3 is 1. The van der Waals surface area contributed by atoms with Crippen LogP contribution in [-0.2, 0) is 30.6 Å². The number of aromatic nitrogens is 2. The number of thiophene rings is 1. The van der Waals surface area contributed by atoms with Gasteiger partial charge in [-0.05, 0) is 60.5 Å². The summed E-state index contributed by atoms with van der Waals surface area (Å²) in [4.78, 5) is 23.0. The molecule has 2 aromatic heterocycles. The molecule has 0 unspecified atom stereocenters. The molecular formula is C21H21Cl2N3O2S. The van der Waals surface area contributed by atoms with Gasteiger partial charge in [-0.2, -0.15) is 0 Å². The molecule has 8 heteroatoms. The lowest BCUT2D eigenvalue weighted by Gasteiger charge is -2.14. The molecule has 1 aliphatic rings. The number of aryl methyl sites for hydroxylation is 3. The third-order valence-corrected chi connectivity index (χ3v) is 6.75. The summed E-state index contributed by atoms with van der Waals surface area (Å²) < 4.78 is 5.22. The van der Waals surface area contributed by atoms with E-state index in [-0.39, 0.29) is 11.7 Å². The van der Waals surface area contributed by atoms with Crippen molar-refractivity contribution in [1.82, 2.24) is 9.97 Å². The molecule has 1 aromatic carbocycles. The second-order valence-corrected chi connectivity index (χ2v) is 8.97. The number of carbonyl (C=O) groups is 1. The summed E-state index contributed by atoms with van der Waals surface area (Å²) >= 11 is 13.5. The Morgan fingerprint density at radius 3 is 2.86 bits per heavy atom. The lowest BCUT2D eigenvalue weighted by Crippen LogP contribution is -2.07. The van der Waals surface area contributed by atoms with Crippen molar-refractivity contribution in [3.63, 3.8) is 0 Å². The van der Waals surface area contributed by atoms with Gasteiger partial charge >= 0.3 is 0 Å². The molecule has 2 heterocycles. The summed E-state index contributed by atoms with van der Waals surface area (Å²) in [5.41, 5.74) is 2.40. The quantitative estimate of drug-likeness (QED) is 0.479. The van der Waals surface area contributed by atoms with Gasteiger partial charge in [0.1, 0.15) is 22.2 Å².